The molecule has 2 aliphatic rings. The van der Waals surface area contributed by atoms with Crippen molar-refractivity contribution in [3.05, 3.63) is 58.4 Å². The molecule has 250 valence electrons. The molecule has 1 unspecified atom stereocenters. The maximum atomic E-state index is 13.5. The van der Waals surface area contributed by atoms with Gasteiger partial charge < -0.3 is 19.7 Å². The molecule has 1 aliphatic heterocycles. The van der Waals surface area contributed by atoms with Gasteiger partial charge in [-0.05, 0) is 113 Å². The summed E-state index contributed by atoms with van der Waals surface area (Å²) in [5.41, 5.74) is 3.41. The van der Waals surface area contributed by atoms with E-state index in [-0.39, 0.29) is 24.4 Å². The highest BCUT2D eigenvalue weighted by molar-refractivity contribution is 7.89. The largest absolute Gasteiger partial charge is 0.496 e. The van der Waals surface area contributed by atoms with Gasteiger partial charge in [-0.3, -0.25) is 9.69 Å². The zero-order valence-electron chi connectivity index (χ0n) is 27.8. The van der Waals surface area contributed by atoms with Crippen LogP contribution in [0.25, 0.3) is 0 Å². The van der Waals surface area contributed by atoms with Crippen LogP contribution in [0.15, 0.2) is 35.2 Å². The van der Waals surface area contributed by atoms with E-state index in [9.17, 15) is 17.6 Å². The Kier molecular flexibility index (Phi) is 12.4. The number of ether oxygens (including phenoxy) is 2. The number of aryl methyl sites for hydroxylation is 1. The highest BCUT2D eigenvalue weighted by Crippen LogP contribution is 2.39. The van der Waals surface area contributed by atoms with Crippen molar-refractivity contribution in [3.8, 4) is 5.75 Å². The van der Waals surface area contributed by atoms with E-state index in [0.29, 0.717) is 73.9 Å². The third-order valence-electron chi connectivity index (χ3n) is 9.61. The van der Waals surface area contributed by atoms with Gasteiger partial charge in [0.25, 0.3) is 0 Å². The lowest BCUT2D eigenvalue weighted by Gasteiger charge is -2.37. The highest BCUT2D eigenvalue weighted by Gasteiger charge is 2.32. The smallest absolute Gasteiger partial charge is 0.246 e. The fraction of sp³-hybridized carbons (Fsp3) is 0.618. The van der Waals surface area contributed by atoms with Gasteiger partial charge in [0.1, 0.15) is 18.2 Å². The van der Waals surface area contributed by atoms with E-state index in [1.54, 1.807) is 17.5 Å². The predicted molar refractivity (Wildman–Crippen MR) is 175 cm³/mol. The average molecular weight is 647 g/mol. The molecule has 0 radical (unpaired) electrons. The van der Waals surface area contributed by atoms with E-state index < -0.39 is 10.0 Å². The molecule has 0 spiro atoms. The van der Waals surface area contributed by atoms with Crippen LogP contribution in [0.2, 0.25) is 0 Å². The third kappa shape index (κ3) is 8.83. The van der Waals surface area contributed by atoms with Crippen molar-refractivity contribution in [2.24, 2.45) is 11.8 Å². The molecule has 2 fully saturated rings. The van der Waals surface area contributed by atoms with E-state index >= 15 is 0 Å². The SMILES string of the molecule is COc1cc(C)c(S(=O)(=O)N2CCN(CCOCC(=O)NCC3CCC(C(c4ccc(F)cc4)N(C)C)CC3)CC2)c(C)c1C. The number of hydrogen-bond donors (Lipinski definition) is 1. The van der Waals surface area contributed by atoms with Gasteiger partial charge in [0.05, 0.1) is 18.6 Å². The molecule has 1 amide bonds. The number of nitrogens with one attached hydrogen (secondary N) is 1. The van der Waals surface area contributed by atoms with Crippen molar-refractivity contribution in [2.75, 3.05) is 73.7 Å². The summed E-state index contributed by atoms with van der Waals surface area (Å²) in [6, 6.07) is 8.91. The number of carbonyl (C=O) groups excluding carboxylic acids is 1. The van der Waals surface area contributed by atoms with Crippen LogP contribution < -0.4 is 10.1 Å². The first-order valence-electron chi connectivity index (χ1n) is 16.1. The number of halogens is 1. The number of piperazine rings is 1. The molecule has 1 heterocycles. The molecule has 1 saturated heterocycles. The number of carbonyl (C=O) groups is 1. The monoisotopic (exact) mass is 646 g/mol. The fourth-order valence-electron chi connectivity index (χ4n) is 6.98. The molecular weight excluding hydrogens is 595 g/mol. The Hall–Kier alpha value is -2.57. The summed E-state index contributed by atoms with van der Waals surface area (Å²) in [4.78, 5) is 17.2. The Morgan fingerprint density at radius 1 is 1.02 bits per heavy atom. The minimum Gasteiger partial charge on any atom is -0.496 e. The second kappa shape index (κ2) is 15.8. The first-order chi connectivity index (χ1) is 21.4. The lowest BCUT2D eigenvalue weighted by atomic mass is 9.76. The molecule has 45 heavy (non-hydrogen) atoms. The number of rotatable bonds is 13. The summed E-state index contributed by atoms with van der Waals surface area (Å²) in [5, 5.41) is 3.04. The minimum atomic E-state index is -3.62. The van der Waals surface area contributed by atoms with Crippen LogP contribution in [0.1, 0.15) is 54.0 Å². The normalized spacial score (nSPS) is 20.7. The lowest BCUT2D eigenvalue weighted by molar-refractivity contribution is -0.126. The minimum absolute atomic E-state index is 0.0202. The van der Waals surface area contributed by atoms with Crippen LogP contribution in [0.5, 0.6) is 5.75 Å². The number of methoxy groups -OCH3 is 1. The first kappa shape index (κ1) is 35.3. The Bertz CT molecular complexity index is 1390. The van der Waals surface area contributed by atoms with Crippen molar-refractivity contribution in [3.63, 3.8) is 0 Å². The van der Waals surface area contributed by atoms with Crippen LogP contribution >= 0.6 is 0 Å². The van der Waals surface area contributed by atoms with Crippen molar-refractivity contribution in [1.82, 2.24) is 19.4 Å². The third-order valence-corrected chi connectivity index (χ3v) is 11.8. The zero-order chi connectivity index (χ0) is 32.7. The molecule has 9 nitrogen and oxygen atoms in total. The maximum Gasteiger partial charge on any atom is 0.246 e. The lowest BCUT2D eigenvalue weighted by Crippen LogP contribution is -2.49. The van der Waals surface area contributed by atoms with E-state index in [1.165, 1.54) is 12.1 Å². The molecule has 1 atom stereocenters. The molecule has 1 aliphatic carbocycles. The topological polar surface area (TPSA) is 91.4 Å². The quantitative estimate of drug-likeness (QED) is 0.325. The van der Waals surface area contributed by atoms with Crippen molar-refractivity contribution in [1.29, 1.82) is 0 Å². The average Bonchev–Trinajstić information content (AvgIpc) is 3.01. The number of benzene rings is 2. The van der Waals surface area contributed by atoms with Crippen molar-refractivity contribution in [2.45, 2.75) is 57.4 Å². The summed E-state index contributed by atoms with van der Waals surface area (Å²) in [6.45, 7) is 9.31. The van der Waals surface area contributed by atoms with Gasteiger partial charge in [-0.15, -0.1) is 0 Å². The summed E-state index contributed by atoms with van der Waals surface area (Å²) >= 11 is 0. The molecule has 0 aromatic heterocycles. The maximum absolute atomic E-state index is 13.5. The van der Waals surface area contributed by atoms with E-state index in [2.05, 4.69) is 29.2 Å². The Balaban J connectivity index is 1.13. The van der Waals surface area contributed by atoms with Crippen LogP contribution in [0.4, 0.5) is 4.39 Å². The van der Waals surface area contributed by atoms with E-state index in [4.69, 9.17) is 9.47 Å². The zero-order valence-corrected chi connectivity index (χ0v) is 28.6. The summed E-state index contributed by atoms with van der Waals surface area (Å²) in [5.74, 6) is 1.33. The van der Waals surface area contributed by atoms with Gasteiger partial charge >= 0.3 is 0 Å². The molecule has 11 heteroatoms. The Morgan fingerprint density at radius 2 is 1.67 bits per heavy atom. The second-order valence-corrected chi connectivity index (χ2v) is 14.7. The molecule has 2 aromatic carbocycles. The van der Waals surface area contributed by atoms with E-state index in [0.717, 1.165) is 42.4 Å². The van der Waals surface area contributed by atoms with E-state index in [1.807, 2.05) is 32.9 Å². The summed E-state index contributed by atoms with van der Waals surface area (Å²) < 4.78 is 53.1. The van der Waals surface area contributed by atoms with Gasteiger partial charge in [-0.1, -0.05) is 12.1 Å². The van der Waals surface area contributed by atoms with Crippen molar-refractivity contribution < 1.29 is 27.1 Å². The molecule has 0 bridgehead atoms. The van der Waals surface area contributed by atoms with Gasteiger partial charge in [-0.25, -0.2) is 12.8 Å². The molecule has 1 N–H and O–H groups in total. The standard InChI is InChI=1S/C34H51FN4O5S/c1-24-21-31(43-6)25(2)26(3)34(24)45(41,42)39-17-15-38(16-18-39)19-20-44-23-32(40)36-22-27-7-9-28(10-8-27)33(37(4)5)29-11-13-30(35)14-12-29/h11-14,21,27-28,33H,7-10,15-20,22-23H2,1-6H3,(H,36,40). The van der Waals surface area contributed by atoms with Crippen LogP contribution in [-0.2, 0) is 19.6 Å². The molecule has 2 aromatic rings. The Morgan fingerprint density at radius 3 is 2.27 bits per heavy atom. The van der Waals surface area contributed by atoms with Crippen LogP contribution in [0.3, 0.4) is 0 Å². The van der Waals surface area contributed by atoms with Crippen molar-refractivity contribution >= 4 is 15.9 Å². The Labute approximate surface area is 269 Å². The van der Waals surface area contributed by atoms with Gasteiger partial charge in [0.15, 0.2) is 0 Å². The van der Waals surface area contributed by atoms with Crippen LogP contribution in [0, 0.1) is 38.4 Å². The molecular formula is C34H51FN4O5S. The second-order valence-electron chi connectivity index (χ2n) is 12.8. The fourth-order valence-corrected chi connectivity index (χ4v) is 8.89. The summed E-state index contributed by atoms with van der Waals surface area (Å²) in [6.07, 6.45) is 4.25. The van der Waals surface area contributed by atoms with Gasteiger partial charge in [-0.2, -0.15) is 4.31 Å². The number of nitrogens with zero attached hydrogens (tertiary/aromatic N) is 3. The number of sulfonamides is 1. The van der Waals surface area contributed by atoms with Gasteiger partial charge in [0, 0.05) is 45.3 Å². The summed E-state index contributed by atoms with van der Waals surface area (Å²) in [7, 11) is 2.14. The number of amides is 1. The van der Waals surface area contributed by atoms with Gasteiger partial charge in [0.2, 0.25) is 15.9 Å². The predicted octanol–water partition coefficient (Wildman–Crippen LogP) is 4.31. The first-order valence-corrected chi connectivity index (χ1v) is 17.5. The number of hydrogen-bond acceptors (Lipinski definition) is 7. The molecule has 1 saturated carbocycles. The van der Waals surface area contributed by atoms with Crippen LogP contribution in [-0.4, -0.2) is 102 Å². The molecule has 4 rings (SSSR count). The highest BCUT2D eigenvalue weighted by atomic mass is 32.2.